The number of hydrogen-bond acceptors (Lipinski definition) is 4. The van der Waals surface area contributed by atoms with Crippen LogP contribution in [0.2, 0.25) is 0 Å². The van der Waals surface area contributed by atoms with Crippen molar-refractivity contribution in [2.24, 2.45) is 4.99 Å². The fraction of sp³-hybridized carbons (Fsp3) is 0.429. The summed E-state index contributed by atoms with van der Waals surface area (Å²) in [7, 11) is 1.61. The Bertz CT molecular complexity index is 497. The molecule has 0 spiro atoms. The number of amidine groups is 1. The monoisotopic (exact) mass is 262 g/mol. The second kappa shape index (κ2) is 5.73. The van der Waals surface area contributed by atoms with Gasteiger partial charge in [0.05, 0.1) is 25.3 Å². The van der Waals surface area contributed by atoms with Crippen molar-refractivity contribution < 1.29 is 14.3 Å². The zero-order valence-corrected chi connectivity index (χ0v) is 11.4. The van der Waals surface area contributed by atoms with E-state index in [1.807, 2.05) is 32.0 Å². The zero-order chi connectivity index (χ0) is 13.8. The third-order valence-electron chi connectivity index (χ3n) is 2.79. The number of ether oxygens (including phenoxy) is 2. The highest BCUT2D eigenvalue weighted by molar-refractivity contribution is 6.06. The van der Waals surface area contributed by atoms with Gasteiger partial charge in [0.1, 0.15) is 17.3 Å². The number of methoxy groups -OCH3 is 1. The molecule has 1 aromatic rings. The van der Waals surface area contributed by atoms with Crippen LogP contribution in [0.3, 0.4) is 0 Å². The van der Waals surface area contributed by atoms with E-state index in [1.54, 1.807) is 12.0 Å². The van der Waals surface area contributed by atoms with Crippen LogP contribution in [-0.2, 0) is 4.79 Å². The van der Waals surface area contributed by atoms with Crippen LogP contribution in [0.5, 0.6) is 11.5 Å². The maximum atomic E-state index is 11.0. The van der Waals surface area contributed by atoms with Gasteiger partial charge in [-0.15, -0.1) is 0 Å². The fourth-order valence-electron chi connectivity index (χ4n) is 1.97. The molecule has 0 radical (unpaired) electrons. The maximum Gasteiger partial charge on any atom is 0.215 e. The summed E-state index contributed by atoms with van der Waals surface area (Å²) in [5.41, 5.74) is 0.819. The predicted octanol–water partition coefficient (Wildman–Crippen LogP) is 1.70. The summed E-state index contributed by atoms with van der Waals surface area (Å²) in [6.45, 7) is 5.15. The first-order valence-corrected chi connectivity index (χ1v) is 6.27. The summed E-state index contributed by atoms with van der Waals surface area (Å²) >= 11 is 0. The van der Waals surface area contributed by atoms with E-state index in [0.717, 1.165) is 17.7 Å². The maximum absolute atomic E-state index is 11.0. The van der Waals surface area contributed by atoms with Crippen LogP contribution in [0.4, 0.5) is 0 Å². The molecule has 0 aromatic heterocycles. The predicted molar refractivity (Wildman–Crippen MR) is 72.9 cm³/mol. The Morgan fingerprint density at radius 2 is 2.21 bits per heavy atom. The highest BCUT2D eigenvalue weighted by Crippen LogP contribution is 2.28. The molecule has 0 saturated carbocycles. The summed E-state index contributed by atoms with van der Waals surface area (Å²) in [4.78, 5) is 17.0. The lowest BCUT2D eigenvalue weighted by Gasteiger charge is -2.18. The fourth-order valence-corrected chi connectivity index (χ4v) is 1.97. The molecule has 102 valence electrons. The first kappa shape index (κ1) is 13.4. The first-order valence-electron chi connectivity index (χ1n) is 6.27. The van der Waals surface area contributed by atoms with E-state index in [-0.39, 0.29) is 6.10 Å². The van der Waals surface area contributed by atoms with Crippen LogP contribution in [0.25, 0.3) is 0 Å². The van der Waals surface area contributed by atoms with Crippen molar-refractivity contribution in [1.82, 2.24) is 4.90 Å². The quantitative estimate of drug-likeness (QED) is 0.759. The summed E-state index contributed by atoms with van der Waals surface area (Å²) in [6.07, 6.45) is 0.840. The Balaban J connectivity index is 2.41. The van der Waals surface area contributed by atoms with E-state index in [9.17, 15) is 4.79 Å². The molecule has 19 heavy (non-hydrogen) atoms. The molecule has 0 bridgehead atoms. The Kier molecular flexibility index (Phi) is 4.04. The zero-order valence-electron chi connectivity index (χ0n) is 11.4. The van der Waals surface area contributed by atoms with Gasteiger partial charge in [-0.05, 0) is 26.0 Å². The lowest BCUT2D eigenvalue weighted by molar-refractivity contribution is -0.114. The molecule has 1 heterocycles. The highest BCUT2D eigenvalue weighted by Gasteiger charge is 2.22. The van der Waals surface area contributed by atoms with E-state index in [1.165, 1.54) is 0 Å². The van der Waals surface area contributed by atoms with E-state index in [0.29, 0.717) is 24.7 Å². The van der Waals surface area contributed by atoms with E-state index in [4.69, 9.17) is 9.47 Å². The van der Waals surface area contributed by atoms with Crippen LogP contribution in [0.1, 0.15) is 19.4 Å². The van der Waals surface area contributed by atoms with Crippen molar-refractivity contribution in [3.63, 3.8) is 0 Å². The standard InChI is InChI=1S/C14H18N2O3/c1-10(2)19-13-8-11(18-3)4-5-12(13)14-15-6-7-16(14)9-17/h4-5,8-10H,6-7H2,1-3H3. The van der Waals surface area contributed by atoms with Crippen LogP contribution < -0.4 is 9.47 Å². The SMILES string of the molecule is COc1ccc(C2=NCCN2C=O)c(OC(C)C)c1. The second-order valence-electron chi connectivity index (χ2n) is 4.53. The molecule has 0 atom stereocenters. The number of aliphatic imine (C=N–C) groups is 1. The minimum atomic E-state index is 0.0394. The Hall–Kier alpha value is -2.04. The average molecular weight is 262 g/mol. The number of carbonyl (C=O) groups excluding carboxylic acids is 1. The van der Waals surface area contributed by atoms with Crippen LogP contribution in [0, 0.1) is 0 Å². The van der Waals surface area contributed by atoms with E-state index < -0.39 is 0 Å². The highest BCUT2D eigenvalue weighted by atomic mass is 16.5. The molecule has 0 N–H and O–H groups in total. The van der Waals surface area contributed by atoms with Gasteiger partial charge in [-0.3, -0.25) is 14.7 Å². The van der Waals surface area contributed by atoms with Crippen molar-refractivity contribution in [2.75, 3.05) is 20.2 Å². The summed E-state index contributed by atoms with van der Waals surface area (Å²) in [6, 6.07) is 5.53. The average Bonchev–Trinajstić information content (AvgIpc) is 2.86. The molecular weight excluding hydrogens is 244 g/mol. The van der Waals surface area contributed by atoms with E-state index >= 15 is 0 Å². The number of benzene rings is 1. The van der Waals surface area contributed by atoms with Gasteiger partial charge >= 0.3 is 0 Å². The third-order valence-corrected chi connectivity index (χ3v) is 2.79. The summed E-state index contributed by atoms with van der Waals surface area (Å²) < 4.78 is 11.0. The minimum absolute atomic E-state index is 0.0394. The van der Waals surface area contributed by atoms with Gasteiger partial charge in [-0.2, -0.15) is 0 Å². The summed E-state index contributed by atoms with van der Waals surface area (Å²) in [5.74, 6) is 2.06. The molecule has 5 heteroatoms. The molecule has 0 unspecified atom stereocenters. The van der Waals surface area contributed by atoms with Gasteiger partial charge in [0.15, 0.2) is 0 Å². The Labute approximate surface area is 112 Å². The molecule has 1 amide bonds. The van der Waals surface area contributed by atoms with Crippen molar-refractivity contribution in [2.45, 2.75) is 20.0 Å². The molecule has 5 nitrogen and oxygen atoms in total. The molecule has 2 rings (SSSR count). The smallest absolute Gasteiger partial charge is 0.215 e. The lowest BCUT2D eigenvalue weighted by atomic mass is 10.1. The molecule has 1 aliphatic rings. The van der Waals surface area contributed by atoms with Crippen molar-refractivity contribution in [1.29, 1.82) is 0 Å². The topological polar surface area (TPSA) is 51.1 Å². The number of carbonyl (C=O) groups is 1. The number of nitrogens with zero attached hydrogens (tertiary/aromatic N) is 2. The molecule has 0 aliphatic carbocycles. The normalized spacial score (nSPS) is 14.5. The van der Waals surface area contributed by atoms with Gasteiger partial charge in [-0.25, -0.2) is 0 Å². The van der Waals surface area contributed by atoms with Crippen LogP contribution in [-0.4, -0.2) is 43.4 Å². The molecular formula is C14H18N2O3. The summed E-state index contributed by atoms with van der Waals surface area (Å²) in [5, 5.41) is 0. The number of hydrogen-bond donors (Lipinski definition) is 0. The van der Waals surface area contributed by atoms with Gasteiger partial charge in [0, 0.05) is 12.6 Å². The van der Waals surface area contributed by atoms with Crippen molar-refractivity contribution in [3.8, 4) is 11.5 Å². The second-order valence-corrected chi connectivity index (χ2v) is 4.53. The van der Waals surface area contributed by atoms with Gasteiger partial charge in [0.25, 0.3) is 0 Å². The van der Waals surface area contributed by atoms with Crippen LogP contribution in [0.15, 0.2) is 23.2 Å². The van der Waals surface area contributed by atoms with Crippen LogP contribution >= 0.6 is 0 Å². The molecule has 0 fully saturated rings. The number of amides is 1. The van der Waals surface area contributed by atoms with Crippen molar-refractivity contribution >= 4 is 12.2 Å². The van der Waals surface area contributed by atoms with Gasteiger partial charge in [-0.1, -0.05) is 0 Å². The molecule has 1 aromatic carbocycles. The number of rotatable bonds is 5. The Morgan fingerprint density at radius 3 is 2.84 bits per heavy atom. The van der Waals surface area contributed by atoms with Gasteiger partial charge in [0.2, 0.25) is 6.41 Å². The lowest BCUT2D eigenvalue weighted by Crippen LogP contribution is -2.27. The largest absolute Gasteiger partial charge is 0.497 e. The third kappa shape index (κ3) is 2.86. The molecule has 1 aliphatic heterocycles. The Morgan fingerprint density at radius 1 is 1.42 bits per heavy atom. The minimum Gasteiger partial charge on any atom is -0.497 e. The molecule has 0 saturated heterocycles. The van der Waals surface area contributed by atoms with Gasteiger partial charge < -0.3 is 9.47 Å². The first-order chi connectivity index (χ1) is 9.15. The van der Waals surface area contributed by atoms with E-state index in [2.05, 4.69) is 4.99 Å². The van der Waals surface area contributed by atoms with Crippen molar-refractivity contribution in [3.05, 3.63) is 23.8 Å².